The van der Waals surface area contributed by atoms with Gasteiger partial charge in [0.1, 0.15) is 5.82 Å². The molecule has 1 amide bonds. The highest BCUT2D eigenvalue weighted by atomic mass is 35.5. The van der Waals surface area contributed by atoms with Crippen LogP contribution in [0.2, 0.25) is 5.02 Å². The number of nitrogens with zero attached hydrogens (tertiary/aromatic N) is 3. The molecule has 0 aliphatic carbocycles. The maximum atomic E-state index is 13.5. The minimum absolute atomic E-state index is 0.329. The summed E-state index contributed by atoms with van der Waals surface area (Å²) in [5, 5.41) is 3.83. The fraction of sp³-hybridized carbons (Fsp3) is 0.214. The zero-order valence-corrected chi connectivity index (χ0v) is 20.5. The number of pyridine rings is 2. The number of hydrogen-bond acceptors (Lipinski definition) is 6. The number of esters is 1. The van der Waals surface area contributed by atoms with Crippen LogP contribution in [0.1, 0.15) is 34.1 Å². The molecule has 1 aliphatic rings. The van der Waals surface area contributed by atoms with Crippen molar-refractivity contribution < 1.29 is 14.3 Å². The van der Waals surface area contributed by atoms with Crippen LogP contribution in [0.4, 0.5) is 5.82 Å². The first-order chi connectivity index (χ1) is 17.5. The van der Waals surface area contributed by atoms with Crippen LogP contribution in [0.25, 0.3) is 10.9 Å². The zero-order chi connectivity index (χ0) is 25.1. The Labute approximate surface area is 214 Å². The molecule has 7 nitrogen and oxygen atoms in total. The summed E-state index contributed by atoms with van der Waals surface area (Å²) >= 11 is 5.86. The maximum absolute atomic E-state index is 13.5. The number of anilines is 1. The summed E-state index contributed by atoms with van der Waals surface area (Å²) in [6.45, 7) is 3.73. The lowest BCUT2D eigenvalue weighted by atomic mass is 9.95. The summed E-state index contributed by atoms with van der Waals surface area (Å²) in [5.74, 6) is -0.690. The average molecular weight is 501 g/mol. The van der Waals surface area contributed by atoms with E-state index in [1.165, 1.54) is 11.8 Å². The van der Waals surface area contributed by atoms with Gasteiger partial charge in [0.25, 0.3) is 5.91 Å². The first-order valence-electron chi connectivity index (χ1n) is 11.8. The fourth-order valence-corrected chi connectivity index (χ4v) is 4.52. The summed E-state index contributed by atoms with van der Waals surface area (Å²) in [6.07, 6.45) is 1.14. The summed E-state index contributed by atoms with van der Waals surface area (Å²) in [6, 6.07) is 21.0. The number of aromatic nitrogens is 2. The van der Waals surface area contributed by atoms with Crippen molar-refractivity contribution in [3.05, 3.63) is 100 Å². The number of para-hydroxylation sites is 1. The van der Waals surface area contributed by atoms with E-state index in [0.717, 1.165) is 41.7 Å². The number of fused-ring (bicyclic) bond motifs is 2. The molecule has 4 aromatic rings. The third-order valence-corrected chi connectivity index (χ3v) is 6.43. The molecule has 8 heteroatoms. The van der Waals surface area contributed by atoms with Gasteiger partial charge in [-0.2, -0.15) is 0 Å². The summed E-state index contributed by atoms with van der Waals surface area (Å²) in [5.41, 5.74) is 4.17. The van der Waals surface area contributed by atoms with E-state index in [0.29, 0.717) is 22.9 Å². The van der Waals surface area contributed by atoms with Crippen molar-refractivity contribution >= 4 is 40.2 Å². The molecule has 0 saturated carbocycles. The van der Waals surface area contributed by atoms with Crippen LogP contribution in [0, 0.1) is 0 Å². The Morgan fingerprint density at radius 1 is 1.08 bits per heavy atom. The minimum Gasteiger partial charge on any atom is -0.449 e. The molecule has 36 heavy (non-hydrogen) atoms. The number of carbonyl (C=O) groups is 2. The number of carbonyl (C=O) groups excluding carboxylic acids is 2. The average Bonchev–Trinajstić information content (AvgIpc) is 2.89. The van der Waals surface area contributed by atoms with Gasteiger partial charge in [0.05, 0.1) is 16.1 Å². The molecule has 0 saturated heterocycles. The molecular weight excluding hydrogens is 476 g/mol. The SMILES string of the molecule is CC(OC(=O)c1c2c(nc3ccccc13)CCN(Cc1ccccc1)C2)C(=O)Nc1ccc(Cl)cn1. The van der Waals surface area contributed by atoms with Crippen LogP contribution in [0.3, 0.4) is 0 Å². The van der Waals surface area contributed by atoms with Gasteiger partial charge in [0, 0.05) is 48.9 Å². The molecule has 0 fully saturated rings. The highest BCUT2D eigenvalue weighted by Gasteiger charge is 2.28. The first-order valence-corrected chi connectivity index (χ1v) is 12.2. The van der Waals surface area contributed by atoms with Gasteiger partial charge in [0.2, 0.25) is 0 Å². The van der Waals surface area contributed by atoms with Crippen LogP contribution < -0.4 is 5.32 Å². The Morgan fingerprint density at radius 2 is 1.86 bits per heavy atom. The molecule has 3 heterocycles. The molecule has 0 radical (unpaired) electrons. The summed E-state index contributed by atoms with van der Waals surface area (Å²) < 4.78 is 5.67. The van der Waals surface area contributed by atoms with Crippen molar-refractivity contribution in [2.75, 3.05) is 11.9 Å². The predicted molar refractivity (Wildman–Crippen MR) is 139 cm³/mol. The number of amides is 1. The first kappa shape index (κ1) is 23.9. The van der Waals surface area contributed by atoms with Crippen LogP contribution in [0.5, 0.6) is 0 Å². The summed E-state index contributed by atoms with van der Waals surface area (Å²) in [7, 11) is 0. The maximum Gasteiger partial charge on any atom is 0.339 e. The highest BCUT2D eigenvalue weighted by Crippen LogP contribution is 2.30. The van der Waals surface area contributed by atoms with Gasteiger partial charge < -0.3 is 10.1 Å². The minimum atomic E-state index is -1.03. The van der Waals surface area contributed by atoms with E-state index in [9.17, 15) is 9.59 Å². The van der Waals surface area contributed by atoms with Crippen molar-refractivity contribution in [2.45, 2.75) is 32.5 Å². The van der Waals surface area contributed by atoms with E-state index in [4.69, 9.17) is 21.3 Å². The van der Waals surface area contributed by atoms with Crippen LogP contribution in [0.15, 0.2) is 72.9 Å². The Hall–Kier alpha value is -3.81. The molecule has 1 unspecified atom stereocenters. The smallest absolute Gasteiger partial charge is 0.339 e. The van der Waals surface area contributed by atoms with Gasteiger partial charge in [-0.1, -0.05) is 60.1 Å². The Morgan fingerprint density at radius 3 is 2.64 bits per heavy atom. The van der Waals surface area contributed by atoms with E-state index in [1.54, 1.807) is 19.1 Å². The quantitative estimate of drug-likeness (QED) is 0.374. The molecule has 0 bridgehead atoms. The molecule has 182 valence electrons. The Kier molecular flexibility index (Phi) is 6.93. The predicted octanol–water partition coefficient (Wildman–Crippen LogP) is 5.03. The van der Waals surface area contributed by atoms with Gasteiger partial charge in [-0.25, -0.2) is 9.78 Å². The van der Waals surface area contributed by atoms with Crippen molar-refractivity contribution in [3.8, 4) is 0 Å². The monoisotopic (exact) mass is 500 g/mol. The van der Waals surface area contributed by atoms with Crippen molar-refractivity contribution in [1.29, 1.82) is 0 Å². The van der Waals surface area contributed by atoms with Gasteiger partial charge in [-0.05, 0) is 30.7 Å². The largest absolute Gasteiger partial charge is 0.449 e. The van der Waals surface area contributed by atoms with E-state index in [2.05, 4.69) is 27.3 Å². The molecule has 1 N–H and O–H groups in total. The molecule has 1 atom stereocenters. The normalized spacial score (nSPS) is 14.2. The van der Waals surface area contributed by atoms with Crippen LogP contribution >= 0.6 is 11.6 Å². The number of nitrogens with one attached hydrogen (secondary N) is 1. The lowest BCUT2D eigenvalue weighted by Crippen LogP contribution is -2.34. The molecule has 5 rings (SSSR count). The van der Waals surface area contributed by atoms with E-state index in [-0.39, 0.29) is 0 Å². The lowest BCUT2D eigenvalue weighted by Gasteiger charge is -2.30. The van der Waals surface area contributed by atoms with E-state index >= 15 is 0 Å². The van der Waals surface area contributed by atoms with Crippen LogP contribution in [-0.4, -0.2) is 39.4 Å². The lowest BCUT2D eigenvalue weighted by molar-refractivity contribution is -0.123. The van der Waals surface area contributed by atoms with Crippen LogP contribution in [-0.2, 0) is 29.0 Å². The Balaban J connectivity index is 1.40. The molecule has 1 aliphatic heterocycles. The highest BCUT2D eigenvalue weighted by molar-refractivity contribution is 6.30. The zero-order valence-electron chi connectivity index (χ0n) is 19.8. The second kappa shape index (κ2) is 10.4. The standard InChI is InChI=1S/C28H25ClN4O3/c1-18(27(34)32-25-12-11-20(29)15-30-25)36-28(35)26-21-9-5-6-10-23(21)31-24-13-14-33(17-22(24)26)16-19-7-3-2-4-8-19/h2-12,15,18H,13-14,16-17H2,1H3,(H,30,32,34). The van der Waals surface area contributed by atoms with Gasteiger partial charge in [-0.3, -0.25) is 14.7 Å². The molecular formula is C28H25ClN4O3. The number of rotatable bonds is 6. The van der Waals surface area contributed by atoms with Gasteiger partial charge in [0.15, 0.2) is 6.10 Å². The number of hydrogen-bond donors (Lipinski definition) is 1. The van der Waals surface area contributed by atoms with E-state index in [1.807, 2.05) is 42.5 Å². The molecule has 0 spiro atoms. The van der Waals surface area contributed by atoms with Crippen molar-refractivity contribution in [1.82, 2.24) is 14.9 Å². The molecule has 2 aromatic carbocycles. The number of benzene rings is 2. The molecule has 2 aromatic heterocycles. The third kappa shape index (κ3) is 5.22. The van der Waals surface area contributed by atoms with Gasteiger partial charge in [-0.15, -0.1) is 0 Å². The topological polar surface area (TPSA) is 84.4 Å². The fourth-order valence-electron chi connectivity index (χ4n) is 4.41. The second-order valence-corrected chi connectivity index (χ2v) is 9.21. The number of halogens is 1. The van der Waals surface area contributed by atoms with E-state index < -0.39 is 18.0 Å². The Bertz CT molecular complexity index is 1410. The third-order valence-electron chi connectivity index (χ3n) is 6.21. The van der Waals surface area contributed by atoms with Crippen molar-refractivity contribution in [3.63, 3.8) is 0 Å². The van der Waals surface area contributed by atoms with Crippen molar-refractivity contribution in [2.24, 2.45) is 0 Å². The van der Waals surface area contributed by atoms with Gasteiger partial charge >= 0.3 is 5.97 Å². The second-order valence-electron chi connectivity index (χ2n) is 8.77. The summed E-state index contributed by atoms with van der Waals surface area (Å²) in [4.78, 5) is 37.4. The number of ether oxygens (including phenoxy) is 1.